The largest absolute Gasteiger partial charge is 0.489 e. The summed E-state index contributed by atoms with van der Waals surface area (Å²) in [5.41, 5.74) is 7.39. The first kappa shape index (κ1) is 18.5. The summed E-state index contributed by atoms with van der Waals surface area (Å²) in [5.74, 6) is 0.633. The molecule has 1 atom stereocenters. The van der Waals surface area contributed by atoms with Gasteiger partial charge in [0.1, 0.15) is 29.5 Å². The van der Waals surface area contributed by atoms with Crippen molar-refractivity contribution in [2.75, 3.05) is 0 Å². The molecule has 0 amide bonds. The zero-order valence-corrected chi connectivity index (χ0v) is 15.1. The Morgan fingerprint density at radius 2 is 2.00 bits per heavy atom. The van der Waals surface area contributed by atoms with Crippen LogP contribution >= 0.6 is 0 Å². The summed E-state index contributed by atoms with van der Waals surface area (Å²) in [6.07, 6.45) is 4.30. The van der Waals surface area contributed by atoms with Gasteiger partial charge in [-0.2, -0.15) is 0 Å². The van der Waals surface area contributed by atoms with Crippen LogP contribution in [0.4, 0.5) is 0 Å². The summed E-state index contributed by atoms with van der Waals surface area (Å²) in [4.78, 5) is 10.8. The number of nitrogens with two attached hydrogens (primary N) is 1. The Kier molecular flexibility index (Phi) is 5.16. The van der Waals surface area contributed by atoms with Crippen LogP contribution in [0.1, 0.15) is 36.5 Å². The quantitative estimate of drug-likeness (QED) is 0.513. The van der Waals surface area contributed by atoms with Gasteiger partial charge in [-0.25, -0.2) is 0 Å². The molecule has 140 valence electrons. The highest BCUT2D eigenvalue weighted by atomic mass is 16.5. The van der Waals surface area contributed by atoms with Crippen LogP contribution in [0.15, 0.2) is 48.5 Å². The molecule has 27 heavy (non-hydrogen) atoms. The minimum absolute atomic E-state index is 0.0410. The Balaban J connectivity index is 1.64. The van der Waals surface area contributed by atoms with Crippen molar-refractivity contribution in [2.24, 2.45) is 5.73 Å². The second-order valence-corrected chi connectivity index (χ2v) is 6.74. The van der Waals surface area contributed by atoms with Crippen molar-refractivity contribution in [1.29, 1.82) is 5.41 Å². The Morgan fingerprint density at radius 3 is 2.67 bits per heavy atom. The highest BCUT2D eigenvalue weighted by Crippen LogP contribution is 2.35. The molecule has 0 fully saturated rings. The number of nitrogens with one attached hydrogen (secondary N) is 1. The molecule has 1 unspecified atom stereocenters. The van der Waals surface area contributed by atoms with Crippen molar-refractivity contribution in [2.45, 2.75) is 32.0 Å². The molecule has 4 N–H and O–H groups in total. The van der Waals surface area contributed by atoms with E-state index in [-0.39, 0.29) is 12.3 Å². The van der Waals surface area contributed by atoms with Gasteiger partial charge in [-0.3, -0.25) is 10.2 Å². The highest BCUT2D eigenvalue weighted by Gasteiger charge is 2.28. The van der Waals surface area contributed by atoms with Crippen LogP contribution in [0, 0.1) is 5.41 Å². The van der Waals surface area contributed by atoms with Gasteiger partial charge in [0.25, 0.3) is 0 Å². The first-order valence-electron chi connectivity index (χ1n) is 8.65. The zero-order chi connectivity index (χ0) is 19.4. The average Bonchev–Trinajstić information content (AvgIpc) is 2.65. The fraction of sp³-hybridized carbons (Fsp3) is 0.238. The Hall–Kier alpha value is -3.28. The summed E-state index contributed by atoms with van der Waals surface area (Å²) in [6, 6.07) is 12.9. The number of aliphatic carboxylic acids is 1. The molecule has 1 heterocycles. The van der Waals surface area contributed by atoms with Crippen LogP contribution in [-0.2, 0) is 11.4 Å². The van der Waals surface area contributed by atoms with E-state index in [1.165, 1.54) is 0 Å². The number of carboxylic acid groups (broad SMARTS) is 1. The van der Waals surface area contributed by atoms with Crippen LogP contribution in [0.2, 0.25) is 0 Å². The van der Waals surface area contributed by atoms with Crippen LogP contribution in [0.3, 0.4) is 0 Å². The first-order valence-corrected chi connectivity index (χ1v) is 8.65. The van der Waals surface area contributed by atoms with E-state index in [2.05, 4.69) is 0 Å². The maximum Gasteiger partial charge on any atom is 0.303 e. The molecule has 3 rings (SSSR count). The molecule has 0 bridgehead atoms. The van der Waals surface area contributed by atoms with Crippen molar-refractivity contribution in [3.8, 4) is 11.5 Å². The Bertz CT molecular complexity index is 890. The van der Waals surface area contributed by atoms with Gasteiger partial charge in [-0.05, 0) is 36.8 Å². The number of carbonyl (C=O) groups is 1. The second kappa shape index (κ2) is 7.53. The molecule has 1 aliphatic heterocycles. The Morgan fingerprint density at radius 1 is 1.26 bits per heavy atom. The maximum atomic E-state index is 10.8. The van der Waals surface area contributed by atoms with Crippen LogP contribution < -0.4 is 15.2 Å². The summed E-state index contributed by atoms with van der Waals surface area (Å²) in [7, 11) is 0. The van der Waals surface area contributed by atoms with Crippen molar-refractivity contribution < 1.29 is 19.4 Å². The molecule has 0 radical (unpaired) electrons. The average molecular weight is 366 g/mol. The fourth-order valence-electron chi connectivity index (χ4n) is 2.83. The summed E-state index contributed by atoms with van der Waals surface area (Å²) >= 11 is 0. The first-order chi connectivity index (χ1) is 12.8. The van der Waals surface area contributed by atoms with Gasteiger partial charge in [0, 0.05) is 24.0 Å². The van der Waals surface area contributed by atoms with Crippen LogP contribution in [-0.4, -0.2) is 22.5 Å². The van der Waals surface area contributed by atoms with Crippen LogP contribution in [0.25, 0.3) is 6.08 Å². The minimum atomic E-state index is -0.834. The smallest absolute Gasteiger partial charge is 0.303 e. The lowest BCUT2D eigenvalue weighted by atomic mass is 9.95. The molecule has 6 nitrogen and oxygen atoms in total. The van der Waals surface area contributed by atoms with Crippen molar-refractivity contribution in [3.63, 3.8) is 0 Å². The maximum absolute atomic E-state index is 10.8. The van der Waals surface area contributed by atoms with E-state index in [1.54, 1.807) is 12.1 Å². The number of amidine groups is 1. The SMILES string of the molecule is CC1(CCC(=O)O)C=Cc2cc(OCc3ccc(C(=N)N)cc3)ccc2O1. The highest BCUT2D eigenvalue weighted by molar-refractivity contribution is 5.94. The molecular weight excluding hydrogens is 344 g/mol. The predicted octanol–water partition coefficient (Wildman–Crippen LogP) is 3.58. The zero-order valence-electron chi connectivity index (χ0n) is 15.1. The number of carboxylic acids is 1. The van der Waals surface area contributed by atoms with Crippen molar-refractivity contribution in [1.82, 2.24) is 0 Å². The standard InChI is InChI=1S/C21H22N2O4/c1-21(11-9-19(24)25)10-8-16-12-17(6-7-18(16)27-21)26-13-14-2-4-15(5-3-14)20(22)23/h2-8,10,12H,9,11,13H2,1H3,(H3,22,23)(H,24,25). The van der Waals surface area contributed by atoms with Gasteiger partial charge in [0.05, 0.1) is 0 Å². The molecule has 0 aliphatic carbocycles. The molecule has 0 aromatic heterocycles. The third-order valence-electron chi connectivity index (χ3n) is 4.45. The normalized spacial score (nSPS) is 17.7. The molecule has 0 saturated carbocycles. The van der Waals surface area contributed by atoms with E-state index in [9.17, 15) is 4.79 Å². The number of rotatable bonds is 7. The number of nitrogen functional groups attached to an aromatic ring is 1. The molecule has 0 spiro atoms. The monoisotopic (exact) mass is 366 g/mol. The van der Waals surface area contributed by atoms with Gasteiger partial charge >= 0.3 is 5.97 Å². The van der Waals surface area contributed by atoms with Crippen molar-refractivity contribution in [3.05, 3.63) is 65.2 Å². The van der Waals surface area contributed by atoms with E-state index in [0.717, 1.165) is 11.1 Å². The lowest BCUT2D eigenvalue weighted by Crippen LogP contribution is -2.32. The minimum Gasteiger partial charge on any atom is -0.489 e. The molecule has 2 aromatic rings. The number of hydrogen-bond acceptors (Lipinski definition) is 4. The number of ether oxygens (including phenoxy) is 2. The van der Waals surface area contributed by atoms with Crippen molar-refractivity contribution >= 4 is 17.9 Å². The van der Waals surface area contributed by atoms with Crippen LogP contribution in [0.5, 0.6) is 11.5 Å². The van der Waals surface area contributed by atoms with Gasteiger partial charge in [-0.1, -0.05) is 30.3 Å². The number of fused-ring (bicyclic) bond motifs is 1. The molecule has 1 aliphatic rings. The molecule has 6 heteroatoms. The van der Waals surface area contributed by atoms with E-state index >= 15 is 0 Å². The lowest BCUT2D eigenvalue weighted by molar-refractivity contribution is -0.137. The summed E-state index contributed by atoms with van der Waals surface area (Å²) in [6.45, 7) is 2.28. The predicted molar refractivity (Wildman–Crippen MR) is 103 cm³/mol. The van der Waals surface area contributed by atoms with Gasteiger partial charge in [0.15, 0.2) is 0 Å². The van der Waals surface area contributed by atoms with Gasteiger partial charge in [0.2, 0.25) is 0 Å². The van der Waals surface area contributed by atoms with E-state index in [4.69, 9.17) is 25.7 Å². The molecular formula is C21H22N2O4. The number of benzene rings is 2. The second-order valence-electron chi connectivity index (χ2n) is 6.74. The fourth-order valence-corrected chi connectivity index (χ4v) is 2.83. The Labute approximate surface area is 157 Å². The molecule has 0 saturated heterocycles. The lowest BCUT2D eigenvalue weighted by Gasteiger charge is -2.31. The van der Waals surface area contributed by atoms with Gasteiger partial charge in [-0.15, -0.1) is 0 Å². The molecule has 2 aromatic carbocycles. The summed E-state index contributed by atoms with van der Waals surface area (Å²) in [5, 5.41) is 16.3. The van der Waals surface area contributed by atoms with Gasteiger partial charge < -0.3 is 20.3 Å². The van der Waals surface area contributed by atoms with E-state index in [1.807, 2.05) is 49.4 Å². The third kappa shape index (κ3) is 4.67. The van der Waals surface area contributed by atoms with E-state index in [0.29, 0.717) is 30.1 Å². The summed E-state index contributed by atoms with van der Waals surface area (Å²) < 4.78 is 11.8. The third-order valence-corrected chi connectivity index (χ3v) is 4.45. The number of hydrogen-bond donors (Lipinski definition) is 3. The van der Waals surface area contributed by atoms with E-state index < -0.39 is 11.6 Å². The topological polar surface area (TPSA) is 106 Å².